The van der Waals surface area contributed by atoms with Gasteiger partial charge < -0.3 is 10.2 Å². The number of halogens is 1. The molecule has 4 aromatic carbocycles. The maximum atomic E-state index is 13.9. The second-order valence-electron chi connectivity index (χ2n) is 9.52. The zero-order chi connectivity index (χ0) is 28.7. The minimum atomic E-state index is -3.98. The first kappa shape index (κ1) is 29.3. The number of likely N-dealkylation sites (N-methyl/N-ethyl adjacent to an activating group) is 2. The lowest BCUT2D eigenvalue weighted by Gasteiger charge is -2.32. The van der Waals surface area contributed by atoms with E-state index in [9.17, 15) is 18.0 Å². The van der Waals surface area contributed by atoms with E-state index in [4.69, 9.17) is 11.6 Å². The summed E-state index contributed by atoms with van der Waals surface area (Å²) in [5, 5.41) is 5.09. The number of rotatable bonds is 11. The van der Waals surface area contributed by atoms with Crippen LogP contribution in [-0.4, -0.2) is 55.6 Å². The molecule has 0 heterocycles. The Hall–Kier alpha value is -3.72. The smallest absolute Gasteiger partial charge is 0.243 e. The molecular formula is C31H32ClN3O4S. The maximum Gasteiger partial charge on any atom is 0.243 e. The lowest BCUT2D eigenvalue weighted by Crippen LogP contribution is -2.53. The van der Waals surface area contributed by atoms with E-state index >= 15 is 0 Å². The van der Waals surface area contributed by atoms with Gasteiger partial charge in [-0.3, -0.25) is 9.59 Å². The molecule has 0 aliphatic rings. The summed E-state index contributed by atoms with van der Waals surface area (Å²) in [5.41, 5.74) is 1.64. The summed E-state index contributed by atoms with van der Waals surface area (Å²) in [5.74, 6) is -0.803. The quantitative estimate of drug-likeness (QED) is 0.275. The Morgan fingerprint density at radius 3 is 2.17 bits per heavy atom. The predicted octanol–water partition coefficient (Wildman–Crippen LogP) is 4.89. The van der Waals surface area contributed by atoms with Crippen molar-refractivity contribution in [1.29, 1.82) is 0 Å². The molecule has 1 atom stereocenters. The topological polar surface area (TPSA) is 86.8 Å². The van der Waals surface area contributed by atoms with Crippen LogP contribution < -0.4 is 5.32 Å². The minimum absolute atomic E-state index is 0.0929. The fourth-order valence-electron chi connectivity index (χ4n) is 4.51. The van der Waals surface area contributed by atoms with Crippen LogP contribution in [0.25, 0.3) is 10.8 Å². The van der Waals surface area contributed by atoms with Crippen molar-refractivity contribution in [2.45, 2.75) is 30.8 Å². The molecular weight excluding hydrogens is 546 g/mol. The van der Waals surface area contributed by atoms with Crippen LogP contribution in [0.15, 0.2) is 102 Å². The van der Waals surface area contributed by atoms with E-state index < -0.39 is 28.5 Å². The minimum Gasteiger partial charge on any atom is -0.355 e. The molecule has 0 radical (unpaired) electrons. The molecule has 9 heteroatoms. The third kappa shape index (κ3) is 7.07. The summed E-state index contributed by atoms with van der Waals surface area (Å²) in [6.45, 7) is 1.87. The van der Waals surface area contributed by atoms with Gasteiger partial charge in [-0.05, 0) is 53.1 Å². The number of hydrogen-bond donors (Lipinski definition) is 1. The lowest BCUT2D eigenvalue weighted by molar-refractivity contribution is -0.141. The van der Waals surface area contributed by atoms with E-state index in [-0.39, 0.29) is 23.8 Å². The fraction of sp³-hybridized carbons (Fsp3) is 0.226. The Bertz CT molecular complexity index is 1580. The Balaban J connectivity index is 1.65. The number of nitrogens with zero attached hydrogens (tertiary/aromatic N) is 2. The highest BCUT2D eigenvalue weighted by molar-refractivity contribution is 7.89. The third-order valence-corrected chi connectivity index (χ3v) is 8.73. The second-order valence-corrected chi connectivity index (χ2v) is 12.0. The largest absolute Gasteiger partial charge is 0.355 e. The zero-order valence-electron chi connectivity index (χ0n) is 22.5. The number of sulfonamides is 1. The SMILES string of the molecule is CCNC(=O)[C@H](Cc1ccccc1)N(Cc1ccc(Cl)cc1)C(=O)CN(C)S(=O)(=O)c1ccc2ccccc2c1. The second kappa shape index (κ2) is 13.1. The van der Waals surface area contributed by atoms with Gasteiger partial charge >= 0.3 is 0 Å². The first-order valence-corrected chi connectivity index (χ1v) is 14.8. The maximum absolute atomic E-state index is 13.9. The average Bonchev–Trinajstić information content (AvgIpc) is 2.96. The van der Waals surface area contributed by atoms with Crippen molar-refractivity contribution >= 4 is 44.2 Å². The molecule has 7 nitrogen and oxygen atoms in total. The van der Waals surface area contributed by atoms with E-state index in [1.54, 1.807) is 36.4 Å². The Morgan fingerprint density at radius 1 is 0.850 bits per heavy atom. The number of nitrogens with one attached hydrogen (secondary N) is 1. The molecule has 40 heavy (non-hydrogen) atoms. The first-order valence-electron chi connectivity index (χ1n) is 13.0. The summed E-state index contributed by atoms with van der Waals surface area (Å²) in [4.78, 5) is 28.7. The normalized spacial score (nSPS) is 12.3. The highest BCUT2D eigenvalue weighted by atomic mass is 35.5. The summed E-state index contributed by atoms with van der Waals surface area (Å²) < 4.78 is 28.0. The van der Waals surface area contributed by atoms with Gasteiger partial charge in [0.05, 0.1) is 11.4 Å². The molecule has 0 saturated carbocycles. The van der Waals surface area contributed by atoms with Gasteiger partial charge in [0.15, 0.2) is 0 Å². The molecule has 4 rings (SSSR count). The van der Waals surface area contributed by atoms with E-state index in [0.29, 0.717) is 11.6 Å². The van der Waals surface area contributed by atoms with E-state index in [2.05, 4.69) is 5.32 Å². The summed E-state index contributed by atoms with van der Waals surface area (Å²) >= 11 is 6.07. The predicted molar refractivity (Wildman–Crippen MR) is 158 cm³/mol. The van der Waals surface area contributed by atoms with Crippen molar-refractivity contribution in [3.8, 4) is 0 Å². The molecule has 2 amide bonds. The van der Waals surface area contributed by atoms with Gasteiger partial charge in [-0.2, -0.15) is 4.31 Å². The molecule has 1 N–H and O–H groups in total. The van der Waals surface area contributed by atoms with Crippen molar-refractivity contribution in [3.63, 3.8) is 0 Å². The number of benzene rings is 4. The summed E-state index contributed by atoms with van der Waals surface area (Å²) in [6, 6.07) is 27.9. The van der Waals surface area contributed by atoms with Crippen molar-refractivity contribution in [2.75, 3.05) is 20.1 Å². The molecule has 4 aromatic rings. The van der Waals surface area contributed by atoms with Crippen LogP contribution in [-0.2, 0) is 32.6 Å². The lowest BCUT2D eigenvalue weighted by atomic mass is 10.0. The van der Waals surface area contributed by atoms with Crippen LogP contribution in [0.1, 0.15) is 18.1 Å². The Labute approximate surface area is 240 Å². The Kier molecular flexibility index (Phi) is 9.58. The van der Waals surface area contributed by atoms with Crippen LogP contribution in [0.2, 0.25) is 5.02 Å². The fourth-order valence-corrected chi connectivity index (χ4v) is 5.79. The van der Waals surface area contributed by atoms with Crippen molar-refractivity contribution in [3.05, 3.63) is 113 Å². The molecule has 0 aromatic heterocycles. The number of hydrogen-bond acceptors (Lipinski definition) is 4. The average molecular weight is 578 g/mol. The molecule has 0 aliphatic heterocycles. The van der Waals surface area contributed by atoms with Gasteiger partial charge in [0.2, 0.25) is 21.8 Å². The monoisotopic (exact) mass is 577 g/mol. The highest BCUT2D eigenvalue weighted by Gasteiger charge is 2.33. The van der Waals surface area contributed by atoms with Gasteiger partial charge in [-0.1, -0.05) is 84.4 Å². The van der Waals surface area contributed by atoms with Crippen LogP contribution >= 0.6 is 11.6 Å². The number of carbonyl (C=O) groups is 2. The third-order valence-electron chi connectivity index (χ3n) is 6.68. The van der Waals surface area contributed by atoms with Crippen LogP contribution in [0, 0.1) is 0 Å². The van der Waals surface area contributed by atoms with Gasteiger partial charge in [0, 0.05) is 31.6 Å². The van der Waals surface area contributed by atoms with Crippen LogP contribution in [0.4, 0.5) is 0 Å². The molecule has 0 spiro atoms. The van der Waals surface area contributed by atoms with Gasteiger partial charge in [-0.15, -0.1) is 0 Å². The summed E-state index contributed by atoms with van der Waals surface area (Å²) in [6.07, 6.45) is 0.271. The van der Waals surface area contributed by atoms with Gasteiger partial charge in [0.25, 0.3) is 0 Å². The van der Waals surface area contributed by atoms with E-state index in [1.165, 1.54) is 18.0 Å². The number of fused-ring (bicyclic) bond motifs is 1. The van der Waals surface area contributed by atoms with E-state index in [1.807, 2.05) is 61.5 Å². The Morgan fingerprint density at radius 2 is 1.50 bits per heavy atom. The molecule has 0 bridgehead atoms. The molecule has 0 aliphatic carbocycles. The molecule has 208 valence electrons. The van der Waals surface area contributed by atoms with Crippen molar-refractivity contribution in [1.82, 2.24) is 14.5 Å². The van der Waals surface area contributed by atoms with Crippen LogP contribution in [0.3, 0.4) is 0 Å². The summed E-state index contributed by atoms with van der Waals surface area (Å²) in [7, 11) is -2.61. The molecule has 0 fully saturated rings. The van der Waals surface area contributed by atoms with Crippen molar-refractivity contribution in [2.24, 2.45) is 0 Å². The number of amides is 2. The van der Waals surface area contributed by atoms with Crippen LogP contribution in [0.5, 0.6) is 0 Å². The molecule has 0 unspecified atom stereocenters. The zero-order valence-corrected chi connectivity index (χ0v) is 24.0. The highest BCUT2D eigenvalue weighted by Crippen LogP contribution is 2.22. The standard InChI is InChI=1S/C31H32ClN3O4S/c1-3-33-31(37)29(19-23-9-5-4-6-10-23)35(21-24-13-16-27(32)17-14-24)30(36)22-34(2)40(38,39)28-18-15-25-11-7-8-12-26(25)20-28/h4-18,20,29H,3,19,21-22H2,1-2H3,(H,33,37)/t29-/m0/s1. The van der Waals surface area contributed by atoms with Gasteiger partial charge in [0.1, 0.15) is 6.04 Å². The first-order chi connectivity index (χ1) is 19.2. The number of carbonyl (C=O) groups excluding carboxylic acids is 2. The van der Waals surface area contributed by atoms with Crippen molar-refractivity contribution < 1.29 is 18.0 Å². The van der Waals surface area contributed by atoms with E-state index in [0.717, 1.165) is 26.2 Å². The van der Waals surface area contributed by atoms with Gasteiger partial charge in [-0.25, -0.2) is 8.42 Å². The molecule has 0 saturated heterocycles.